The van der Waals surface area contributed by atoms with Crippen molar-refractivity contribution in [1.29, 1.82) is 0 Å². The summed E-state index contributed by atoms with van der Waals surface area (Å²) in [6.45, 7) is 6.60. The van der Waals surface area contributed by atoms with E-state index in [1.807, 2.05) is 6.92 Å². The molecule has 0 amide bonds. The maximum Gasteiger partial charge on any atom is 0.307 e. The molecule has 0 aromatic rings. The quantitative estimate of drug-likeness (QED) is 0.715. The fourth-order valence-corrected chi connectivity index (χ4v) is 2.17. The molecule has 1 N–H and O–H groups in total. The van der Waals surface area contributed by atoms with Gasteiger partial charge in [0.15, 0.2) is 0 Å². The van der Waals surface area contributed by atoms with E-state index in [1.54, 1.807) is 0 Å². The second-order valence-electron chi connectivity index (χ2n) is 4.52. The van der Waals surface area contributed by atoms with Crippen LogP contribution in [-0.4, -0.2) is 48.3 Å². The summed E-state index contributed by atoms with van der Waals surface area (Å²) in [5.41, 5.74) is 0. The molecule has 4 heteroatoms. The van der Waals surface area contributed by atoms with Crippen molar-refractivity contribution in [2.75, 3.05) is 26.3 Å². The van der Waals surface area contributed by atoms with E-state index >= 15 is 0 Å². The summed E-state index contributed by atoms with van der Waals surface area (Å²) >= 11 is 0. The lowest BCUT2D eigenvalue weighted by Crippen LogP contribution is -2.41. The molecule has 1 rings (SSSR count). The topological polar surface area (TPSA) is 49.8 Å². The fourth-order valence-electron chi connectivity index (χ4n) is 2.17. The first-order valence-corrected chi connectivity index (χ1v) is 6.17. The van der Waals surface area contributed by atoms with Crippen molar-refractivity contribution in [2.45, 2.75) is 39.2 Å². The van der Waals surface area contributed by atoms with Gasteiger partial charge in [-0.2, -0.15) is 0 Å². The molecule has 0 saturated carbocycles. The third-order valence-corrected chi connectivity index (χ3v) is 3.30. The second-order valence-corrected chi connectivity index (χ2v) is 4.52. The van der Waals surface area contributed by atoms with Gasteiger partial charge in [0.05, 0.1) is 13.0 Å². The fraction of sp³-hybridized carbons (Fsp3) is 0.917. The van der Waals surface area contributed by atoms with Crippen LogP contribution in [0.25, 0.3) is 0 Å². The van der Waals surface area contributed by atoms with E-state index in [2.05, 4.69) is 11.8 Å². The summed E-state index contributed by atoms with van der Waals surface area (Å²) in [6.07, 6.45) is 2.53. The van der Waals surface area contributed by atoms with Crippen LogP contribution < -0.4 is 0 Å². The Labute approximate surface area is 97.6 Å². The number of aliphatic hydroxyl groups is 1. The molecule has 0 radical (unpaired) electrons. The van der Waals surface area contributed by atoms with Crippen molar-refractivity contribution in [3.63, 3.8) is 0 Å². The van der Waals surface area contributed by atoms with Gasteiger partial charge in [0.1, 0.15) is 0 Å². The first-order valence-electron chi connectivity index (χ1n) is 6.17. The van der Waals surface area contributed by atoms with Gasteiger partial charge in [-0.3, -0.25) is 4.79 Å². The minimum absolute atomic E-state index is 0.112. The van der Waals surface area contributed by atoms with Crippen molar-refractivity contribution < 1.29 is 14.6 Å². The highest BCUT2D eigenvalue weighted by molar-refractivity contribution is 5.70. The van der Waals surface area contributed by atoms with Crippen LogP contribution in [0.3, 0.4) is 0 Å². The maximum absolute atomic E-state index is 11.3. The average molecular weight is 229 g/mol. The summed E-state index contributed by atoms with van der Waals surface area (Å²) in [7, 11) is 0. The van der Waals surface area contributed by atoms with Crippen LogP contribution in [-0.2, 0) is 9.53 Å². The second kappa shape index (κ2) is 6.86. The molecule has 1 saturated heterocycles. The summed E-state index contributed by atoms with van der Waals surface area (Å²) in [4.78, 5) is 13.6. The van der Waals surface area contributed by atoms with Gasteiger partial charge in [-0.1, -0.05) is 0 Å². The third kappa shape index (κ3) is 4.10. The zero-order valence-corrected chi connectivity index (χ0v) is 10.3. The van der Waals surface area contributed by atoms with E-state index in [-0.39, 0.29) is 12.0 Å². The summed E-state index contributed by atoms with van der Waals surface area (Å²) in [5.74, 6) is 0.338. The molecule has 4 nitrogen and oxygen atoms in total. The number of likely N-dealkylation sites (tertiary alicyclic amines) is 1. The molecular weight excluding hydrogens is 206 g/mol. The Balaban J connectivity index is 2.27. The summed E-state index contributed by atoms with van der Waals surface area (Å²) in [5, 5.41) is 9.04. The first-order chi connectivity index (χ1) is 7.67. The minimum Gasteiger partial charge on any atom is -0.466 e. The number of ether oxygens (including phenoxy) is 1. The van der Waals surface area contributed by atoms with Crippen LogP contribution >= 0.6 is 0 Å². The molecule has 1 aliphatic heterocycles. The monoisotopic (exact) mass is 229 g/mol. The predicted octanol–water partition coefficient (Wildman–Crippen LogP) is 1.03. The van der Waals surface area contributed by atoms with Crippen molar-refractivity contribution in [2.24, 2.45) is 5.92 Å². The molecule has 1 aliphatic rings. The van der Waals surface area contributed by atoms with Crippen molar-refractivity contribution in [3.8, 4) is 0 Å². The van der Waals surface area contributed by atoms with Gasteiger partial charge >= 0.3 is 5.97 Å². The molecule has 1 unspecified atom stereocenters. The molecule has 94 valence electrons. The third-order valence-electron chi connectivity index (χ3n) is 3.30. The van der Waals surface area contributed by atoms with E-state index in [1.165, 1.54) is 0 Å². The molecule has 1 atom stereocenters. The molecule has 0 aliphatic carbocycles. The molecule has 16 heavy (non-hydrogen) atoms. The summed E-state index contributed by atoms with van der Waals surface area (Å²) in [6, 6.07) is 0.249. The lowest BCUT2D eigenvalue weighted by atomic mass is 9.96. The van der Waals surface area contributed by atoms with E-state index < -0.39 is 0 Å². The number of carbonyl (C=O) groups excluding carboxylic acids is 1. The van der Waals surface area contributed by atoms with Gasteiger partial charge in [0.2, 0.25) is 0 Å². The highest BCUT2D eigenvalue weighted by atomic mass is 16.5. The van der Waals surface area contributed by atoms with E-state index in [0.29, 0.717) is 25.6 Å². The van der Waals surface area contributed by atoms with Crippen LogP contribution in [0.4, 0.5) is 0 Å². The van der Waals surface area contributed by atoms with E-state index in [9.17, 15) is 4.79 Å². The Bertz CT molecular complexity index is 212. The number of hydrogen-bond acceptors (Lipinski definition) is 4. The number of rotatable bonds is 5. The molecule has 0 bridgehead atoms. The van der Waals surface area contributed by atoms with Crippen molar-refractivity contribution in [3.05, 3.63) is 0 Å². The Morgan fingerprint density at radius 1 is 1.50 bits per heavy atom. The number of nitrogens with zero attached hydrogens (tertiary/aromatic N) is 1. The van der Waals surface area contributed by atoms with Crippen LogP contribution in [0.2, 0.25) is 0 Å². The predicted molar refractivity (Wildman–Crippen MR) is 62.1 cm³/mol. The zero-order chi connectivity index (χ0) is 12.0. The number of piperidine rings is 1. The van der Waals surface area contributed by atoms with Gasteiger partial charge in [0.25, 0.3) is 0 Å². The number of esters is 1. The maximum atomic E-state index is 11.3. The average Bonchev–Trinajstić information content (AvgIpc) is 2.29. The van der Waals surface area contributed by atoms with Crippen LogP contribution in [0.5, 0.6) is 0 Å². The zero-order valence-electron chi connectivity index (χ0n) is 10.3. The van der Waals surface area contributed by atoms with Crippen molar-refractivity contribution >= 4 is 5.97 Å². The standard InChI is InChI=1S/C12H23NO3/c1-3-16-12(15)8-10(2)13-6-4-11(9-14)5-7-13/h10-11,14H,3-9H2,1-2H3. The number of carbonyl (C=O) groups is 1. The van der Waals surface area contributed by atoms with Gasteiger partial charge in [-0.05, 0) is 45.7 Å². The first kappa shape index (κ1) is 13.5. The van der Waals surface area contributed by atoms with Crippen molar-refractivity contribution in [1.82, 2.24) is 4.90 Å². The molecular formula is C12H23NO3. The lowest BCUT2D eigenvalue weighted by Gasteiger charge is -2.35. The normalized spacial score (nSPS) is 20.7. The Hall–Kier alpha value is -0.610. The Morgan fingerprint density at radius 2 is 2.12 bits per heavy atom. The van der Waals surface area contributed by atoms with E-state index in [4.69, 9.17) is 9.84 Å². The van der Waals surface area contributed by atoms with Gasteiger partial charge in [-0.15, -0.1) is 0 Å². The molecule has 1 heterocycles. The molecule has 0 aromatic carbocycles. The summed E-state index contributed by atoms with van der Waals surface area (Å²) < 4.78 is 4.94. The largest absolute Gasteiger partial charge is 0.466 e. The van der Waals surface area contributed by atoms with Crippen LogP contribution in [0, 0.1) is 5.92 Å². The van der Waals surface area contributed by atoms with Crippen LogP contribution in [0.15, 0.2) is 0 Å². The number of hydrogen-bond donors (Lipinski definition) is 1. The van der Waals surface area contributed by atoms with Gasteiger partial charge in [0, 0.05) is 12.6 Å². The molecule has 0 spiro atoms. The minimum atomic E-state index is -0.112. The lowest BCUT2D eigenvalue weighted by molar-refractivity contribution is -0.144. The Morgan fingerprint density at radius 3 is 2.62 bits per heavy atom. The molecule has 1 fully saturated rings. The van der Waals surface area contributed by atoms with Gasteiger partial charge < -0.3 is 14.7 Å². The smallest absolute Gasteiger partial charge is 0.307 e. The highest BCUT2D eigenvalue weighted by Crippen LogP contribution is 2.19. The van der Waals surface area contributed by atoms with Crippen LogP contribution in [0.1, 0.15) is 33.1 Å². The van der Waals surface area contributed by atoms with E-state index in [0.717, 1.165) is 25.9 Å². The molecule has 0 aromatic heterocycles. The van der Waals surface area contributed by atoms with Gasteiger partial charge in [-0.25, -0.2) is 0 Å². The Kier molecular flexibility index (Phi) is 5.77. The number of aliphatic hydroxyl groups excluding tert-OH is 1. The highest BCUT2D eigenvalue weighted by Gasteiger charge is 2.23. The SMILES string of the molecule is CCOC(=O)CC(C)N1CCC(CO)CC1.